The number of ether oxygens (including phenoxy) is 1. The van der Waals surface area contributed by atoms with Crippen molar-refractivity contribution < 1.29 is 18.7 Å². The molecule has 0 aliphatic rings. The molecule has 4 nitrogen and oxygen atoms in total. The summed E-state index contributed by atoms with van der Waals surface area (Å²) in [6.07, 6.45) is 5.52. The molecule has 0 saturated carbocycles. The second-order valence-electron chi connectivity index (χ2n) is 6.15. The van der Waals surface area contributed by atoms with Gasteiger partial charge in [-0.2, -0.15) is 0 Å². The van der Waals surface area contributed by atoms with E-state index < -0.39 is 5.82 Å². The van der Waals surface area contributed by atoms with Gasteiger partial charge in [0.25, 0.3) is 0 Å². The van der Waals surface area contributed by atoms with Gasteiger partial charge in [0, 0.05) is 25.3 Å². The first-order valence-corrected chi connectivity index (χ1v) is 8.42. The fraction of sp³-hybridized carbons (Fsp3) is 0.182. The maximum absolute atomic E-state index is 13.3. The van der Waals surface area contributed by atoms with Crippen LogP contribution in [0.25, 0.3) is 12.2 Å². The van der Waals surface area contributed by atoms with Crippen LogP contribution in [0.3, 0.4) is 0 Å². The minimum Gasteiger partial charge on any atom is -0.496 e. The van der Waals surface area contributed by atoms with Crippen molar-refractivity contribution in [2.75, 3.05) is 26.1 Å². The number of hydrogen-bond donors (Lipinski definition) is 0. The number of hydrogen-bond acceptors (Lipinski definition) is 4. The number of nitrogens with zero attached hydrogens (tertiary/aromatic N) is 1. The number of halogens is 1. The van der Waals surface area contributed by atoms with E-state index >= 15 is 0 Å². The van der Waals surface area contributed by atoms with E-state index in [1.165, 1.54) is 43.5 Å². The predicted octanol–water partition coefficient (Wildman–Crippen LogP) is 4.16. The average Bonchev–Trinajstić information content (AvgIpc) is 2.65. The molecule has 5 heteroatoms. The second-order valence-corrected chi connectivity index (χ2v) is 6.15. The van der Waals surface area contributed by atoms with Crippen LogP contribution in [0.2, 0.25) is 0 Å². The summed E-state index contributed by atoms with van der Waals surface area (Å²) in [5.41, 5.74) is 2.38. The van der Waals surface area contributed by atoms with Gasteiger partial charge in [-0.1, -0.05) is 18.2 Å². The van der Waals surface area contributed by atoms with E-state index in [0.29, 0.717) is 11.3 Å². The van der Waals surface area contributed by atoms with Gasteiger partial charge in [0.15, 0.2) is 11.6 Å². The molecule has 2 rings (SSSR count). The van der Waals surface area contributed by atoms with Crippen molar-refractivity contribution in [1.29, 1.82) is 0 Å². The monoisotopic (exact) mass is 367 g/mol. The number of anilines is 1. The van der Waals surface area contributed by atoms with E-state index in [2.05, 4.69) is 0 Å². The van der Waals surface area contributed by atoms with Crippen LogP contribution in [-0.2, 0) is 9.59 Å². The third-order valence-corrected chi connectivity index (χ3v) is 3.86. The summed E-state index contributed by atoms with van der Waals surface area (Å²) in [4.78, 5) is 25.9. The van der Waals surface area contributed by atoms with Crippen LogP contribution in [-0.4, -0.2) is 32.8 Å². The Morgan fingerprint density at radius 2 is 1.63 bits per heavy atom. The fourth-order valence-electron chi connectivity index (χ4n) is 2.38. The lowest BCUT2D eigenvalue weighted by atomic mass is 10.1. The molecular formula is C22H22FNO3. The zero-order valence-corrected chi connectivity index (χ0v) is 15.6. The Bertz CT molecular complexity index is 868. The molecule has 0 aliphatic heterocycles. The first-order chi connectivity index (χ1) is 12.9. The smallest absolute Gasteiger partial charge is 0.163 e. The van der Waals surface area contributed by atoms with Crippen LogP contribution in [0.5, 0.6) is 5.75 Å². The average molecular weight is 367 g/mol. The molecule has 0 amide bonds. The van der Waals surface area contributed by atoms with Crippen molar-refractivity contribution >= 4 is 29.4 Å². The molecule has 2 aromatic rings. The van der Waals surface area contributed by atoms with Crippen LogP contribution in [0.4, 0.5) is 10.1 Å². The van der Waals surface area contributed by atoms with Gasteiger partial charge >= 0.3 is 0 Å². The summed E-state index contributed by atoms with van der Waals surface area (Å²) in [5, 5.41) is 0. The molecule has 0 bridgehead atoms. The van der Waals surface area contributed by atoms with Gasteiger partial charge < -0.3 is 9.64 Å². The van der Waals surface area contributed by atoms with Gasteiger partial charge in [-0.25, -0.2) is 4.39 Å². The molecule has 0 radical (unpaired) electrons. The Morgan fingerprint density at radius 1 is 1.00 bits per heavy atom. The lowest BCUT2D eigenvalue weighted by Gasteiger charge is -2.11. The molecule has 0 unspecified atom stereocenters. The molecule has 0 saturated heterocycles. The Kier molecular flexibility index (Phi) is 7.06. The Hall–Kier alpha value is -3.21. The molecule has 0 spiro atoms. The quantitative estimate of drug-likeness (QED) is 0.519. The Balaban J connectivity index is 1.95. The first-order valence-electron chi connectivity index (χ1n) is 8.42. The minimum atomic E-state index is -0.429. The van der Waals surface area contributed by atoms with Crippen molar-refractivity contribution in [3.8, 4) is 5.75 Å². The van der Waals surface area contributed by atoms with Crippen LogP contribution < -0.4 is 9.64 Å². The molecule has 0 aliphatic carbocycles. The van der Waals surface area contributed by atoms with E-state index in [0.717, 1.165) is 11.3 Å². The van der Waals surface area contributed by atoms with E-state index in [9.17, 15) is 14.0 Å². The summed E-state index contributed by atoms with van der Waals surface area (Å²) in [7, 11) is 5.37. The van der Waals surface area contributed by atoms with Crippen molar-refractivity contribution in [1.82, 2.24) is 0 Å². The van der Waals surface area contributed by atoms with Gasteiger partial charge in [0.05, 0.1) is 13.5 Å². The normalized spacial score (nSPS) is 11.1. The number of allylic oxidation sites excluding steroid dienone is 2. The number of rotatable bonds is 8. The summed E-state index contributed by atoms with van der Waals surface area (Å²) in [6, 6.07) is 11.7. The predicted molar refractivity (Wildman–Crippen MR) is 106 cm³/mol. The highest BCUT2D eigenvalue weighted by atomic mass is 19.1. The zero-order chi connectivity index (χ0) is 19.8. The number of methoxy groups -OCH3 is 1. The first kappa shape index (κ1) is 20.1. The van der Waals surface area contributed by atoms with Gasteiger partial charge in [0.1, 0.15) is 11.6 Å². The second kappa shape index (κ2) is 9.48. The van der Waals surface area contributed by atoms with E-state index in [4.69, 9.17) is 4.74 Å². The van der Waals surface area contributed by atoms with Crippen LogP contribution in [0, 0.1) is 5.82 Å². The maximum Gasteiger partial charge on any atom is 0.163 e. The Morgan fingerprint density at radius 3 is 2.22 bits per heavy atom. The highest BCUT2D eigenvalue weighted by molar-refractivity contribution is 6.10. The highest BCUT2D eigenvalue weighted by Gasteiger charge is 2.06. The van der Waals surface area contributed by atoms with Gasteiger partial charge in [-0.3, -0.25) is 9.59 Å². The lowest BCUT2D eigenvalue weighted by Crippen LogP contribution is -2.07. The standard InChI is InChI=1S/C22H22FNO3/c1-24(2)19-9-4-16(5-10-19)6-11-20(25)15-21(26)12-7-17-14-18(23)8-13-22(17)27-3/h4-14H,15H2,1-3H3. The maximum atomic E-state index is 13.3. The Labute approximate surface area is 158 Å². The van der Waals surface area contributed by atoms with Gasteiger partial charge in [-0.15, -0.1) is 0 Å². The molecule has 0 aromatic heterocycles. The molecule has 0 fully saturated rings. The molecule has 27 heavy (non-hydrogen) atoms. The van der Waals surface area contributed by atoms with Crippen LogP contribution >= 0.6 is 0 Å². The number of carbonyl (C=O) groups is 2. The number of benzene rings is 2. The molecule has 0 N–H and O–H groups in total. The topological polar surface area (TPSA) is 46.6 Å². The summed E-state index contributed by atoms with van der Waals surface area (Å²) < 4.78 is 18.4. The van der Waals surface area contributed by atoms with Crippen LogP contribution in [0.1, 0.15) is 17.5 Å². The van der Waals surface area contributed by atoms with Crippen LogP contribution in [0.15, 0.2) is 54.6 Å². The molecule has 0 heterocycles. The van der Waals surface area contributed by atoms with Crippen molar-refractivity contribution in [2.45, 2.75) is 6.42 Å². The highest BCUT2D eigenvalue weighted by Crippen LogP contribution is 2.20. The summed E-state index contributed by atoms with van der Waals surface area (Å²) in [6.45, 7) is 0. The molecule has 140 valence electrons. The van der Waals surface area contributed by atoms with E-state index in [1.807, 2.05) is 43.3 Å². The lowest BCUT2D eigenvalue weighted by molar-refractivity contribution is -0.121. The number of carbonyl (C=O) groups excluding carboxylic acids is 2. The minimum absolute atomic E-state index is 0.250. The molecular weight excluding hydrogens is 345 g/mol. The molecule has 0 atom stereocenters. The SMILES string of the molecule is COc1ccc(F)cc1C=CC(=O)CC(=O)C=Cc1ccc(N(C)C)cc1. The van der Waals surface area contributed by atoms with Gasteiger partial charge in [0.2, 0.25) is 0 Å². The summed E-state index contributed by atoms with van der Waals surface area (Å²) >= 11 is 0. The van der Waals surface area contributed by atoms with Crippen molar-refractivity contribution in [3.05, 3.63) is 71.6 Å². The number of ketones is 2. The van der Waals surface area contributed by atoms with E-state index in [1.54, 1.807) is 6.08 Å². The third kappa shape index (κ3) is 6.22. The van der Waals surface area contributed by atoms with Crippen molar-refractivity contribution in [3.63, 3.8) is 0 Å². The zero-order valence-electron chi connectivity index (χ0n) is 15.6. The largest absolute Gasteiger partial charge is 0.496 e. The van der Waals surface area contributed by atoms with Crippen molar-refractivity contribution in [2.24, 2.45) is 0 Å². The molecule has 2 aromatic carbocycles. The fourth-order valence-corrected chi connectivity index (χ4v) is 2.38. The summed E-state index contributed by atoms with van der Waals surface area (Å²) in [5.74, 6) is -0.637. The van der Waals surface area contributed by atoms with Gasteiger partial charge in [-0.05, 0) is 54.1 Å². The third-order valence-electron chi connectivity index (χ3n) is 3.86. The van der Waals surface area contributed by atoms with E-state index in [-0.39, 0.29) is 18.0 Å².